The standard InChI is InChI=1S/C12H17NO4/c1-15-10-4-9(5-11(6-10)16-2)7-13-8-12(14)17-3/h4-6,13H,7-8H2,1-3H3. The molecule has 0 fully saturated rings. The van der Waals surface area contributed by atoms with E-state index in [2.05, 4.69) is 10.1 Å². The van der Waals surface area contributed by atoms with Crippen LogP contribution in [0.4, 0.5) is 0 Å². The predicted molar refractivity (Wildman–Crippen MR) is 63.3 cm³/mol. The highest BCUT2D eigenvalue weighted by atomic mass is 16.5. The zero-order chi connectivity index (χ0) is 12.7. The molecule has 1 aromatic rings. The van der Waals surface area contributed by atoms with Crippen molar-refractivity contribution in [3.05, 3.63) is 23.8 Å². The molecule has 1 aromatic carbocycles. The van der Waals surface area contributed by atoms with Gasteiger partial charge in [0, 0.05) is 12.6 Å². The molecule has 17 heavy (non-hydrogen) atoms. The molecule has 5 nitrogen and oxygen atoms in total. The molecule has 0 saturated carbocycles. The topological polar surface area (TPSA) is 56.8 Å². The Morgan fingerprint density at radius 1 is 1.12 bits per heavy atom. The summed E-state index contributed by atoms with van der Waals surface area (Å²) in [6.07, 6.45) is 0. The van der Waals surface area contributed by atoms with E-state index >= 15 is 0 Å². The Bertz CT molecular complexity index is 357. The third kappa shape index (κ3) is 4.32. The second-order valence-corrected chi connectivity index (χ2v) is 3.40. The maximum atomic E-state index is 10.9. The highest BCUT2D eigenvalue weighted by molar-refractivity contribution is 5.71. The van der Waals surface area contributed by atoms with Crippen LogP contribution in [-0.4, -0.2) is 33.8 Å². The van der Waals surface area contributed by atoms with Gasteiger partial charge >= 0.3 is 5.97 Å². The summed E-state index contributed by atoms with van der Waals surface area (Å²) < 4.78 is 14.8. The lowest BCUT2D eigenvalue weighted by molar-refractivity contribution is -0.139. The van der Waals surface area contributed by atoms with E-state index in [0.717, 1.165) is 17.1 Å². The minimum Gasteiger partial charge on any atom is -0.497 e. The second-order valence-electron chi connectivity index (χ2n) is 3.40. The predicted octanol–water partition coefficient (Wildman–Crippen LogP) is 0.966. The first-order chi connectivity index (χ1) is 8.19. The zero-order valence-electron chi connectivity index (χ0n) is 10.3. The van der Waals surface area contributed by atoms with Gasteiger partial charge in [0.1, 0.15) is 11.5 Å². The normalized spacial score (nSPS) is 9.82. The molecule has 1 N–H and O–H groups in total. The van der Waals surface area contributed by atoms with Crippen molar-refractivity contribution in [3.63, 3.8) is 0 Å². The Balaban J connectivity index is 2.60. The van der Waals surface area contributed by atoms with Gasteiger partial charge in [0.25, 0.3) is 0 Å². The Labute approximate surface area is 101 Å². The number of esters is 1. The molecule has 94 valence electrons. The maximum Gasteiger partial charge on any atom is 0.319 e. The second kappa shape index (κ2) is 6.75. The third-order valence-electron chi connectivity index (χ3n) is 2.24. The summed E-state index contributed by atoms with van der Waals surface area (Å²) in [5, 5.41) is 2.97. The molecule has 0 saturated heterocycles. The highest BCUT2D eigenvalue weighted by Gasteiger charge is 2.03. The fourth-order valence-corrected chi connectivity index (χ4v) is 1.35. The van der Waals surface area contributed by atoms with Crippen molar-refractivity contribution in [2.24, 2.45) is 0 Å². The Hall–Kier alpha value is -1.75. The monoisotopic (exact) mass is 239 g/mol. The number of benzene rings is 1. The lowest BCUT2D eigenvalue weighted by Crippen LogP contribution is -2.23. The summed E-state index contributed by atoms with van der Waals surface area (Å²) in [7, 11) is 4.56. The number of hydrogen-bond donors (Lipinski definition) is 1. The van der Waals surface area contributed by atoms with Gasteiger partial charge < -0.3 is 19.5 Å². The van der Waals surface area contributed by atoms with Crippen LogP contribution >= 0.6 is 0 Å². The molecule has 0 unspecified atom stereocenters. The van der Waals surface area contributed by atoms with Gasteiger partial charge in [-0.3, -0.25) is 4.79 Å². The summed E-state index contributed by atoms with van der Waals surface area (Å²) in [4.78, 5) is 10.9. The van der Waals surface area contributed by atoms with Crippen LogP contribution < -0.4 is 14.8 Å². The third-order valence-corrected chi connectivity index (χ3v) is 2.24. The van der Waals surface area contributed by atoms with Crippen molar-refractivity contribution in [2.75, 3.05) is 27.9 Å². The molecule has 0 heterocycles. The van der Waals surface area contributed by atoms with Gasteiger partial charge in [0.05, 0.1) is 27.9 Å². The molecule has 0 atom stereocenters. The Kier molecular flexibility index (Phi) is 5.29. The molecule has 0 aliphatic rings. The molecule has 0 aliphatic carbocycles. The fourth-order valence-electron chi connectivity index (χ4n) is 1.35. The van der Waals surface area contributed by atoms with Crippen LogP contribution in [0, 0.1) is 0 Å². The van der Waals surface area contributed by atoms with E-state index in [0.29, 0.717) is 6.54 Å². The number of carbonyl (C=O) groups is 1. The number of rotatable bonds is 6. The van der Waals surface area contributed by atoms with Crippen molar-refractivity contribution in [1.29, 1.82) is 0 Å². The van der Waals surface area contributed by atoms with E-state index in [9.17, 15) is 4.79 Å². The van der Waals surface area contributed by atoms with Crippen LogP contribution in [0.15, 0.2) is 18.2 Å². The van der Waals surface area contributed by atoms with Crippen molar-refractivity contribution >= 4 is 5.97 Å². The van der Waals surface area contributed by atoms with Gasteiger partial charge in [-0.25, -0.2) is 0 Å². The van der Waals surface area contributed by atoms with Gasteiger partial charge in [-0.1, -0.05) is 0 Å². The van der Waals surface area contributed by atoms with Gasteiger partial charge in [-0.15, -0.1) is 0 Å². The molecule has 1 rings (SSSR count). The molecule has 0 spiro atoms. The fraction of sp³-hybridized carbons (Fsp3) is 0.417. The van der Waals surface area contributed by atoms with Crippen LogP contribution in [0.25, 0.3) is 0 Å². The smallest absolute Gasteiger partial charge is 0.319 e. The average Bonchev–Trinajstić information content (AvgIpc) is 2.37. The summed E-state index contributed by atoms with van der Waals surface area (Å²) in [5.41, 5.74) is 0.977. The molecule has 0 radical (unpaired) electrons. The SMILES string of the molecule is COC(=O)CNCc1cc(OC)cc(OC)c1. The van der Waals surface area contributed by atoms with Crippen LogP contribution in [0.2, 0.25) is 0 Å². The largest absolute Gasteiger partial charge is 0.497 e. The quantitative estimate of drug-likeness (QED) is 0.749. The first-order valence-corrected chi connectivity index (χ1v) is 5.19. The van der Waals surface area contributed by atoms with Crippen LogP contribution in [0.1, 0.15) is 5.56 Å². The molecule has 5 heteroatoms. The van der Waals surface area contributed by atoms with Crippen molar-refractivity contribution in [2.45, 2.75) is 6.54 Å². The summed E-state index contributed by atoms with van der Waals surface area (Å²) in [6.45, 7) is 0.721. The molecule has 0 aromatic heterocycles. The van der Waals surface area contributed by atoms with E-state index in [4.69, 9.17) is 9.47 Å². The van der Waals surface area contributed by atoms with E-state index in [1.165, 1.54) is 7.11 Å². The van der Waals surface area contributed by atoms with Crippen LogP contribution in [0.3, 0.4) is 0 Å². The first-order valence-electron chi connectivity index (χ1n) is 5.19. The van der Waals surface area contributed by atoms with Crippen LogP contribution in [-0.2, 0) is 16.1 Å². The van der Waals surface area contributed by atoms with Gasteiger partial charge in [-0.05, 0) is 17.7 Å². The van der Waals surface area contributed by atoms with Gasteiger partial charge in [0.2, 0.25) is 0 Å². The maximum absolute atomic E-state index is 10.9. The van der Waals surface area contributed by atoms with Gasteiger partial charge in [0.15, 0.2) is 0 Å². The first kappa shape index (κ1) is 13.3. The Morgan fingerprint density at radius 3 is 2.18 bits per heavy atom. The molecular formula is C12H17NO4. The number of methoxy groups -OCH3 is 3. The molecule has 0 amide bonds. The van der Waals surface area contributed by atoms with E-state index in [1.807, 2.05) is 12.1 Å². The number of nitrogens with one attached hydrogen (secondary N) is 1. The number of carbonyl (C=O) groups excluding carboxylic acids is 1. The number of ether oxygens (including phenoxy) is 3. The highest BCUT2D eigenvalue weighted by Crippen LogP contribution is 2.22. The number of hydrogen-bond acceptors (Lipinski definition) is 5. The molecular weight excluding hydrogens is 222 g/mol. The van der Waals surface area contributed by atoms with E-state index in [-0.39, 0.29) is 12.5 Å². The van der Waals surface area contributed by atoms with E-state index < -0.39 is 0 Å². The summed E-state index contributed by atoms with van der Waals surface area (Å²) in [6, 6.07) is 5.56. The van der Waals surface area contributed by atoms with Gasteiger partial charge in [-0.2, -0.15) is 0 Å². The summed E-state index contributed by atoms with van der Waals surface area (Å²) in [5.74, 6) is 1.15. The average molecular weight is 239 g/mol. The zero-order valence-corrected chi connectivity index (χ0v) is 10.3. The van der Waals surface area contributed by atoms with E-state index in [1.54, 1.807) is 20.3 Å². The minimum absolute atomic E-state index is 0.177. The van der Waals surface area contributed by atoms with Crippen molar-refractivity contribution < 1.29 is 19.0 Å². The van der Waals surface area contributed by atoms with Crippen LogP contribution in [0.5, 0.6) is 11.5 Å². The lowest BCUT2D eigenvalue weighted by atomic mass is 10.2. The van der Waals surface area contributed by atoms with Crippen molar-refractivity contribution in [3.8, 4) is 11.5 Å². The molecule has 0 aliphatic heterocycles. The van der Waals surface area contributed by atoms with Crippen molar-refractivity contribution in [1.82, 2.24) is 5.32 Å². The molecule has 0 bridgehead atoms. The Morgan fingerprint density at radius 2 is 1.71 bits per heavy atom. The summed E-state index contributed by atoms with van der Waals surface area (Å²) >= 11 is 0. The minimum atomic E-state index is -0.292. The lowest BCUT2D eigenvalue weighted by Gasteiger charge is -2.09.